The molecule has 0 aromatic carbocycles. The maximum absolute atomic E-state index is 11.0. The summed E-state index contributed by atoms with van der Waals surface area (Å²) in [6, 6.07) is 0. The van der Waals surface area contributed by atoms with Crippen molar-refractivity contribution in [2.75, 3.05) is 0 Å². The summed E-state index contributed by atoms with van der Waals surface area (Å²) < 4.78 is 0. The Bertz CT molecular complexity index is 639. The molecule has 1 N–H and O–H groups in total. The molecule has 1 nitrogen and oxygen atoms in total. The topological polar surface area (TPSA) is 20.2 Å². The van der Waals surface area contributed by atoms with Gasteiger partial charge in [0.05, 0.1) is 6.10 Å². The molecule has 1 heteroatoms. The Morgan fingerprint density at radius 1 is 0.926 bits per heavy atom. The van der Waals surface area contributed by atoms with E-state index in [4.69, 9.17) is 0 Å². The lowest BCUT2D eigenvalue weighted by Gasteiger charge is -2.58. The van der Waals surface area contributed by atoms with Crippen LogP contribution >= 0.6 is 0 Å². The third kappa shape index (κ3) is 2.74. The summed E-state index contributed by atoms with van der Waals surface area (Å²) in [5.74, 6) is 3.31. The highest BCUT2D eigenvalue weighted by atomic mass is 16.3. The summed E-state index contributed by atoms with van der Waals surface area (Å²) in [4.78, 5) is 0. The normalized spacial score (nSPS) is 47.5. The van der Waals surface area contributed by atoms with Gasteiger partial charge in [0.1, 0.15) is 0 Å². The van der Waals surface area contributed by atoms with Crippen LogP contribution in [0.15, 0.2) is 23.3 Å². The zero-order valence-corrected chi connectivity index (χ0v) is 17.7. The summed E-state index contributed by atoms with van der Waals surface area (Å²) in [7, 11) is 0. The number of rotatable bonds is 2. The number of fused-ring (bicyclic) bond motifs is 5. The first-order valence-electron chi connectivity index (χ1n) is 12.1. The Hall–Kier alpha value is -0.560. The van der Waals surface area contributed by atoms with E-state index in [-0.39, 0.29) is 11.5 Å². The van der Waals surface area contributed by atoms with E-state index in [0.717, 1.165) is 24.2 Å². The fourth-order valence-electron chi connectivity index (χ4n) is 8.39. The third-order valence-electron chi connectivity index (χ3n) is 10.1. The van der Waals surface area contributed by atoms with Gasteiger partial charge in [-0.2, -0.15) is 0 Å². The molecule has 0 radical (unpaired) electrons. The lowest BCUT2D eigenvalue weighted by atomic mass is 9.46. The Labute approximate surface area is 166 Å². The zero-order valence-electron chi connectivity index (χ0n) is 17.7. The largest absolute Gasteiger partial charge is 0.392 e. The molecule has 5 rings (SSSR count). The lowest BCUT2D eigenvalue weighted by molar-refractivity contribution is -0.0782. The smallest absolute Gasteiger partial charge is 0.0633 e. The van der Waals surface area contributed by atoms with E-state index in [2.05, 4.69) is 26.0 Å². The predicted molar refractivity (Wildman–Crippen MR) is 112 cm³/mol. The van der Waals surface area contributed by atoms with Crippen molar-refractivity contribution in [2.45, 2.75) is 103 Å². The summed E-state index contributed by atoms with van der Waals surface area (Å²) in [5.41, 5.74) is 3.98. The molecule has 150 valence electrons. The molecule has 0 amide bonds. The summed E-state index contributed by atoms with van der Waals surface area (Å²) >= 11 is 0. The van der Waals surface area contributed by atoms with Crippen LogP contribution in [-0.2, 0) is 0 Å². The van der Waals surface area contributed by atoms with Crippen LogP contribution in [0.1, 0.15) is 97.3 Å². The standard InChI is InChI=1S/C26H40O/c1-25-16-15-23-21(13-11-19-9-6-10-24(27)26(19,23)2)22(25)14-12-20(25)17-18-7-4-3-5-8-18/h11-12,18,21-24,27H,3-10,13-17H2,1-2H3/t21-,22-,23-,24?,25+,26-/m0/s1. The molecular formula is C26H40O. The molecule has 0 spiro atoms. The number of aliphatic hydroxyl groups is 1. The first-order valence-corrected chi connectivity index (χ1v) is 12.1. The maximum atomic E-state index is 11.0. The van der Waals surface area contributed by atoms with Gasteiger partial charge in [0.15, 0.2) is 0 Å². The summed E-state index contributed by atoms with van der Waals surface area (Å²) in [6.07, 6.45) is 22.6. The Balaban J connectivity index is 1.38. The van der Waals surface area contributed by atoms with Crippen molar-refractivity contribution in [1.29, 1.82) is 0 Å². The van der Waals surface area contributed by atoms with Crippen LogP contribution < -0.4 is 0 Å². The number of hydrogen-bond acceptors (Lipinski definition) is 1. The van der Waals surface area contributed by atoms with Gasteiger partial charge in [0.2, 0.25) is 0 Å². The van der Waals surface area contributed by atoms with Crippen LogP contribution in [0.25, 0.3) is 0 Å². The zero-order chi connectivity index (χ0) is 18.6. The SMILES string of the molecule is C[C@]12CC[C@H]3[C@@H](CC=C4CCCC(O)[C@@]43C)[C@@H]1CC=C2CC1CCCCC1. The minimum atomic E-state index is -0.106. The Morgan fingerprint density at radius 2 is 1.74 bits per heavy atom. The highest BCUT2D eigenvalue weighted by Crippen LogP contribution is 2.65. The van der Waals surface area contributed by atoms with Gasteiger partial charge in [-0.1, -0.05) is 69.2 Å². The fourth-order valence-corrected chi connectivity index (χ4v) is 8.39. The van der Waals surface area contributed by atoms with Crippen LogP contribution in [-0.4, -0.2) is 11.2 Å². The van der Waals surface area contributed by atoms with Gasteiger partial charge in [0.25, 0.3) is 0 Å². The van der Waals surface area contributed by atoms with Crippen molar-refractivity contribution in [3.8, 4) is 0 Å². The highest BCUT2D eigenvalue weighted by molar-refractivity contribution is 5.31. The van der Waals surface area contributed by atoms with Gasteiger partial charge in [-0.15, -0.1) is 0 Å². The van der Waals surface area contributed by atoms with E-state index < -0.39 is 0 Å². The van der Waals surface area contributed by atoms with E-state index in [1.165, 1.54) is 77.0 Å². The Kier molecular flexibility index (Phi) is 4.62. The van der Waals surface area contributed by atoms with Crippen molar-refractivity contribution in [1.82, 2.24) is 0 Å². The van der Waals surface area contributed by atoms with Gasteiger partial charge in [-0.25, -0.2) is 0 Å². The van der Waals surface area contributed by atoms with E-state index in [0.29, 0.717) is 11.3 Å². The van der Waals surface area contributed by atoms with Gasteiger partial charge in [-0.3, -0.25) is 0 Å². The monoisotopic (exact) mass is 368 g/mol. The average molecular weight is 369 g/mol. The Morgan fingerprint density at radius 3 is 2.56 bits per heavy atom. The second-order valence-corrected chi connectivity index (χ2v) is 11.2. The van der Waals surface area contributed by atoms with Gasteiger partial charge in [0, 0.05) is 5.41 Å². The van der Waals surface area contributed by atoms with Gasteiger partial charge in [-0.05, 0) is 80.5 Å². The van der Waals surface area contributed by atoms with E-state index in [9.17, 15) is 5.11 Å². The molecule has 5 aliphatic carbocycles. The highest BCUT2D eigenvalue weighted by Gasteiger charge is 2.58. The third-order valence-corrected chi connectivity index (χ3v) is 10.1. The molecule has 0 bridgehead atoms. The minimum Gasteiger partial charge on any atom is -0.392 e. The minimum absolute atomic E-state index is 0.0780. The average Bonchev–Trinajstić information content (AvgIpc) is 3.00. The van der Waals surface area contributed by atoms with Crippen molar-refractivity contribution < 1.29 is 5.11 Å². The first kappa shape index (κ1) is 18.5. The second kappa shape index (κ2) is 6.75. The molecule has 0 aromatic heterocycles. The molecule has 6 atom stereocenters. The van der Waals surface area contributed by atoms with Crippen molar-refractivity contribution in [2.24, 2.45) is 34.5 Å². The van der Waals surface area contributed by atoms with Crippen LogP contribution in [0.5, 0.6) is 0 Å². The van der Waals surface area contributed by atoms with Crippen LogP contribution in [0, 0.1) is 34.5 Å². The van der Waals surface area contributed by atoms with Crippen LogP contribution in [0.3, 0.4) is 0 Å². The number of hydrogen-bond donors (Lipinski definition) is 1. The van der Waals surface area contributed by atoms with Gasteiger partial charge >= 0.3 is 0 Å². The fraction of sp³-hybridized carbons (Fsp3) is 0.846. The molecule has 0 aliphatic heterocycles. The molecule has 0 aromatic rings. The van der Waals surface area contributed by atoms with Gasteiger partial charge < -0.3 is 5.11 Å². The molecule has 0 saturated heterocycles. The predicted octanol–water partition coefficient (Wildman–Crippen LogP) is 6.82. The number of aliphatic hydroxyl groups excluding tert-OH is 1. The van der Waals surface area contributed by atoms with Crippen molar-refractivity contribution >= 4 is 0 Å². The molecule has 1 unspecified atom stereocenters. The molecule has 0 heterocycles. The molecule has 27 heavy (non-hydrogen) atoms. The van der Waals surface area contributed by atoms with E-state index in [1.54, 1.807) is 5.57 Å². The molecule has 3 saturated carbocycles. The summed E-state index contributed by atoms with van der Waals surface area (Å²) in [6.45, 7) is 5.04. The van der Waals surface area contributed by atoms with E-state index >= 15 is 0 Å². The van der Waals surface area contributed by atoms with Crippen LogP contribution in [0.2, 0.25) is 0 Å². The van der Waals surface area contributed by atoms with Crippen molar-refractivity contribution in [3.63, 3.8) is 0 Å². The van der Waals surface area contributed by atoms with Crippen LogP contribution in [0.4, 0.5) is 0 Å². The molecule has 5 aliphatic rings. The summed E-state index contributed by atoms with van der Waals surface area (Å²) in [5, 5.41) is 11.0. The quantitative estimate of drug-likeness (QED) is 0.530. The lowest BCUT2D eigenvalue weighted by Crippen LogP contribution is -2.53. The van der Waals surface area contributed by atoms with Crippen molar-refractivity contribution in [3.05, 3.63) is 23.3 Å². The molecule has 3 fully saturated rings. The molecular weight excluding hydrogens is 328 g/mol. The second-order valence-electron chi connectivity index (χ2n) is 11.2. The van der Waals surface area contributed by atoms with E-state index in [1.807, 2.05) is 5.57 Å². The number of allylic oxidation sites excluding steroid dienone is 3. The maximum Gasteiger partial charge on any atom is 0.0633 e. The first-order chi connectivity index (χ1) is 13.0.